The van der Waals surface area contributed by atoms with Crippen molar-refractivity contribution in [2.75, 3.05) is 33.7 Å². The molecule has 0 unspecified atom stereocenters. The Kier molecular flexibility index (Phi) is 10.4. The van der Waals surface area contributed by atoms with Crippen molar-refractivity contribution in [3.63, 3.8) is 0 Å². The lowest BCUT2D eigenvalue weighted by Crippen LogP contribution is -2.45. The van der Waals surface area contributed by atoms with Gasteiger partial charge in [-0.25, -0.2) is 0 Å². The fourth-order valence-corrected chi connectivity index (χ4v) is 2.95. The third-order valence-electron chi connectivity index (χ3n) is 4.66. The molecule has 0 fully saturated rings. The van der Waals surface area contributed by atoms with Gasteiger partial charge in [-0.2, -0.15) is 0 Å². The van der Waals surface area contributed by atoms with Crippen molar-refractivity contribution in [3.8, 4) is 0 Å². The van der Waals surface area contributed by atoms with E-state index in [2.05, 4.69) is 26.3 Å². The molecule has 0 heterocycles. The van der Waals surface area contributed by atoms with Gasteiger partial charge < -0.3 is 9.80 Å². The van der Waals surface area contributed by atoms with Gasteiger partial charge in [0, 0.05) is 5.56 Å². The van der Waals surface area contributed by atoms with Crippen molar-refractivity contribution < 1.29 is 9.28 Å². The summed E-state index contributed by atoms with van der Waals surface area (Å²) in [6.07, 6.45) is 10.9. The lowest BCUT2D eigenvalue weighted by molar-refractivity contribution is -0.889. The molecule has 0 aromatic heterocycles. The van der Waals surface area contributed by atoms with Crippen LogP contribution >= 0.6 is 0 Å². The zero-order valence-corrected chi connectivity index (χ0v) is 16.0. The van der Waals surface area contributed by atoms with E-state index >= 15 is 0 Å². The molecule has 1 rings (SSSR count). The summed E-state index contributed by atoms with van der Waals surface area (Å²) in [4.78, 5) is 12.0. The predicted molar refractivity (Wildman–Crippen MR) is 103 cm³/mol. The zero-order chi connectivity index (χ0) is 17.7. The Hall–Kier alpha value is -1.35. The molecule has 0 radical (unpaired) electrons. The number of likely N-dealkylation sites (N-methyl/N-ethyl adjacent to an activating group) is 1. The maximum Gasteiger partial charge on any atom is 0.251 e. The van der Waals surface area contributed by atoms with Crippen LogP contribution in [0.5, 0.6) is 0 Å². The molecule has 1 N–H and O–H groups in total. The van der Waals surface area contributed by atoms with Gasteiger partial charge in [0.25, 0.3) is 5.91 Å². The predicted octanol–water partition coefficient (Wildman–Crippen LogP) is 4.63. The van der Waals surface area contributed by atoms with Gasteiger partial charge >= 0.3 is 0 Å². The van der Waals surface area contributed by atoms with Gasteiger partial charge in [-0.1, -0.05) is 63.6 Å². The minimum Gasteiger partial charge on any atom is -0.346 e. The first-order valence-corrected chi connectivity index (χ1v) is 9.70. The second-order valence-electron chi connectivity index (χ2n) is 7.48. The van der Waals surface area contributed by atoms with Gasteiger partial charge in [-0.05, 0) is 25.0 Å². The van der Waals surface area contributed by atoms with E-state index < -0.39 is 0 Å². The van der Waals surface area contributed by atoms with Gasteiger partial charge in [0.15, 0.2) is 0 Å². The molecule has 1 aromatic carbocycles. The Labute approximate surface area is 149 Å². The topological polar surface area (TPSA) is 29.1 Å². The summed E-state index contributed by atoms with van der Waals surface area (Å²) in [5.41, 5.74) is 0.742. The van der Waals surface area contributed by atoms with Gasteiger partial charge in [0.2, 0.25) is 0 Å². The van der Waals surface area contributed by atoms with Crippen molar-refractivity contribution in [1.82, 2.24) is 5.32 Å². The monoisotopic (exact) mass is 333 g/mol. The summed E-state index contributed by atoms with van der Waals surface area (Å²) >= 11 is 0. The van der Waals surface area contributed by atoms with E-state index in [0.717, 1.165) is 23.1 Å². The highest BCUT2D eigenvalue weighted by Gasteiger charge is 2.14. The average molecular weight is 334 g/mol. The number of rotatable bonds is 13. The minimum absolute atomic E-state index is 0.0303. The first-order chi connectivity index (χ1) is 11.5. The number of hydrogen-bond acceptors (Lipinski definition) is 1. The SMILES string of the molecule is CCCCCCCCCC[N+](C)(C)CCNC(=O)c1ccccc1. The van der Waals surface area contributed by atoms with Crippen LogP contribution in [0.3, 0.4) is 0 Å². The summed E-state index contributed by atoms with van der Waals surface area (Å²) in [7, 11) is 4.52. The molecular weight excluding hydrogens is 296 g/mol. The van der Waals surface area contributed by atoms with Crippen LogP contribution in [-0.4, -0.2) is 44.1 Å². The number of carbonyl (C=O) groups excluding carboxylic acids is 1. The van der Waals surface area contributed by atoms with E-state index in [0.29, 0.717) is 0 Å². The van der Waals surface area contributed by atoms with Crippen molar-refractivity contribution in [2.24, 2.45) is 0 Å². The number of hydrogen-bond donors (Lipinski definition) is 1. The first-order valence-electron chi connectivity index (χ1n) is 9.70. The molecule has 0 saturated heterocycles. The summed E-state index contributed by atoms with van der Waals surface area (Å²) < 4.78 is 0.977. The van der Waals surface area contributed by atoms with Crippen molar-refractivity contribution >= 4 is 5.91 Å². The Balaban J connectivity index is 2.08. The van der Waals surface area contributed by atoms with Crippen LogP contribution in [0.4, 0.5) is 0 Å². The van der Waals surface area contributed by atoms with Crippen LogP contribution in [0.25, 0.3) is 0 Å². The van der Waals surface area contributed by atoms with Gasteiger partial charge in [0.05, 0.1) is 33.7 Å². The fourth-order valence-electron chi connectivity index (χ4n) is 2.95. The highest BCUT2D eigenvalue weighted by atomic mass is 16.1. The number of quaternary nitrogens is 1. The summed E-state index contributed by atoms with van der Waals surface area (Å²) in [6, 6.07) is 9.45. The van der Waals surface area contributed by atoms with E-state index in [1.165, 1.54) is 57.9 Å². The molecule has 0 aliphatic rings. The molecule has 24 heavy (non-hydrogen) atoms. The van der Waals surface area contributed by atoms with E-state index in [1.54, 1.807) is 0 Å². The van der Waals surface area contributed by atoms with Crippen LogP contribution in [0.2, 0.25) is 0 Å². The molecule has 0 aliphatic carbocycles. The molecule has 1 aromatic rings. The minimum atomic E-state index is 0.0303. The molecule has 3 nitrogen and oxygen atoms in total. The van der Waals surface area contributed by atoms with Crippen molar-refractivity contribution in [1.29, 1.82) is 0 Å². The second-order valence-corrected chi connectivity index (χ2v) is 7.48. The Morgan fingerprint density at radius 1 is 0.875 bits per heavy atom. The Morgan fingerprint density at radius 3 is 2.08 bits per heavy atom. The highest BCUT2D eigenvalue weighted by Crippen LogP contribution is 2.10. The van der Waals surface area contributed by atoms with Gasteiger partial charge in [0.1, 0.15) is 0 Å². The van der Waals surface area contributed by atoms with E-state index in [-0.39, 0.29) is 5.91 Å². The third-order valence-corrected chi connectivity index (χ3v) is 4.66. The van der Waals surface area contributed by atoms with Crippen LogP contribution in [-0.2, 0) is 0 Å². The molecule has 136 valence electrons. The van der Waals surface area contributed by atoms with Crippen LogP contribution < -0.4 is 5.32 Å². The van der Waals surface area contributed by atoms with Crippen LogP contribution in [0.1, 0.15) is 68.6 Å². The van der Waals surface area contributed by atoms with Crippen LogP contribution in [0, 0.1) is 0 Å². The quantitative estimate of drug-likeness (QED) is 0.414. The van der Waals surface area contributed by atoms with Gasteiger partial charge in [-0.3, -0.25) is 4.79 Å². The lowest BCUT2D eigenvalue weighted by atomic mass is 10.1. The normalized spacial score (nSPS) is 11.5. The smallest absolute Gasteiger partial charge is 0.251 e. The number of carbonyl (C=O) groups is 1. The molecular formula is C21H37N2O+. The largest absolute Gasteiger partial charge is 0.346 e. The van der Waals surface area contributed by atoms with E-state index in [4.69, 9.17) is 0 Å². The van der Waals surface area contributed by atoms with Crippen molar-refractivity contribution in [2.45, 2.75) is 58.3 Å². The molecule has 0 spiro atoms. The standard InChI is InChI=1S/C21H36N2O/c1-4-5-6-7-8-9-10-14-18-23(2,3)19-17-22-21(24)20-15-12-11-13-16-20/h11-13,15-16H,4-10,14,17-19H2,1-3H3/p+1. The molecule has 0 atom stereocenters. The number of nitrogens with one attached hydrogen (secondary N) is 1. The maximum absolute atomic E-state index is 12.0. The molecule has 0 bridgehead atoms. The fraction of sp³-hybridized carbons (Fsp3) is 0.667. The second kappa shape index (κ2) is 12.1. The van der Waals surface area contributed by atoms with Gasteiger partial charge in [-0.15, -0.1) is 0 Å². The lowest BCUT2D eigenvalue weighted by Gasteiger charge is -2.30. The number of amides is 1. The van der Waals surface area contributed by atoms with E-state index in [1.807, 2.05) is 30.3 Å². The highest BCUT2D eigenvalue weighted by molar-refractivity contribution is 5.94. The van der Waals surface area contributed by atoms with Crippen LogP contribution in [0.15, 0.2) is 30.3 Å². The Bertz CT molecular complexity index is 442. The number of benzene rings is 1. The zero-order valence-electron chi connectivity index (χ0n) is 16.0. The average Bonchev–Trinajstić information content (AvgIpc) is 2.58. The third kappa shape index (κ3) is 9.71. The number of nitrogens with zero attached hydrogens (tertiary/aromatic N) is 1. The summed E-state index contributed by atoms with van der Waals surface area (Å²) in [5, 5.41) is 3.03. The van der Waals surface area contributed by atoms with E-state index in [9.17, 15) is 4.79 Å². The summed E-state index contributed by atoms with van der Waals surface area (Å²) in [6.45, 7) is 5.17. The maximum atomic E-state index is 12.0. The molecule has 3 heteroatoms. The molecule has 0 saturated carbocycles. The molecule has 1 amide bonds. The molecule has 0 aliphatic heterocycles. The number of unbranched alkanes of at least 4 members (excludes halogenated alkanes) is 7. The summed E-state index contributed by atoms with van der Waals surface area (Å²) in [5.74, 6) is 0.0303. The van der Waals surface area contributed by atoms with Crippen molar-refractivity contribution in [3.05, 3.63) is 35.9 Å². The first kappa shape index (κ1) is 20.7. The Morgan fingerprint density at radius 2 is 1.46 bits per heavy atom.